The van der Waals surface area contributed by atoms with Gasteiger partial charge < -0.3 is 19.9 Å². The monoisotopic (exact) mass is 359 g/mol. The van der Waals surface area contributed by atoms with Crippen molar-refractivity contribution in [2.45, 2.75) is 0 Å². The van der Waals surface area contributed by atoms with Crippen LogP contribution in [0.25, 0.3) is 28.2 Å². The van der Waals surface area contributed by atoms with Crippen LogP contribution in [0.4, 0.5) is 0 Å². The number of aromatic amines is 1. The molecule has 0 amide bonds. The van der Waals surface area contributed by atoms with E-state index in [4.69, 9.17) is 4.74 Å². The van der Waals surface area contributed by atoms with Crippen LogP contribution in [0.3, 0.4) is 0 Å². The number of ether oxygens (including phenoxy) is 1. The molecule has 4 heterocycles. The van der Waals surface area contributed by atoms with Gasteiger partial charge in [-0.05, 0) is 17.7 Å². The summed E-state index contributed by atoms with van der Waals surface area (Å²) in [7, 11) is 0. The highest BCUT2D eigenvalue weighted by molar-refractivity contribution is 5.91. The van der Waals surface area contributed by atoms with Crippen molar-refractivity contribution in [1.29, 1.82) is 0 Å². The van der Waals surface area contributed by atoms with Crippen LogP contribution in [0.2, 0.25) is 0 Å². The summed E-state index contributed by atoms with van der Waals surface area (Å²) in [5, 5.41) is 4.57. The Hall–Kier alpha value is -3.12. The summed E-state index contributed by atoms with van der Waals surface area (Å²) in [6.07, 6.45) is 6.08. The number of guanidine groups is 1. The Balaban J connectivity index is 1.41. The summed E-state index contributed by atoms with van der Waals surface area (Å²) in [6, 6.07) is 12.5. The van der Waals surface area contributed by atoms with E-state index in [0.717, 1.165) is 60.1 Å². The maximum Gasteiger partial charge on any atom is 0.198 e. The molecule has 2 N–H and O–H groups in total. The first-order chi connectivity index (χ1) is 13.4. The highest BCUT2D eigenvalue weighted by atomic mass is 16.5. The van der Waals surface area contributed by atoms with Gasteiger partial charge in [0.1, 0.15) is 5.65 Å². The first-order valence-corrected chi connectivity index (χ1v) is 9.24. The lowest BCUT2D eigenvalue weighted by atomic mass is 10.1. The van der Waals surface area contributed by atoms with E-state index in [1.807, 2.05) is 30.6 Å². The summed E-state index contributed by atoms with van der Waals surface area (Å²) in [4.78, 5) is 14.7. The number of aliphatic imine (C=N–C) groups is 1. The summed E-state index contributed by atoms with van der Waals surface area (Å²) in [5.74, 6) is 0.951. The number of benzene rings is 1. The van der Waals surface area contributed by atoms with Gasteiger partial charge in [-0.15, -0.1) is 0 Å². The van der Waals surface area contributed by atoms with Gasteiger partial charge in [0.25, 0.3) is 0 Å². The Morgan fingerprint density at radius 1 is 1.07 bits per heavy atom. The van der Waals surface area contributed by atoms with Gasteiger partial charge in [-0.2, -0.15) is 0 Å². The van der Waals surface area contributed by atoms with Crippen molar-refractivity contribution in [3.8, 4) is 11.1 Å². The molecule has 6 nitrogen and oxygen atoms in total. The molecule has 0 bridgehead atoms. The Morgan fingerprint density at radius 3 is 2.78 bits per heavy atom. The first kappa shape index (κ1) is 16.1. The third kappa shape index (κ3) is 3.19. The Morgan fingerprint density at radius 2 is 1.93 bits per heavy atom. The largest absolute Gasteiger partial charge is 0.378 e. The lowest BCUT2D eigenvalue weighted by Gasteiger charge is -2.28. The van der Waals surface area contributed by atoms with Gasteiger partial charge in [0.05, 0.1) is 19.8 Å². The van der Waals surface area contributed by atoms with Gasteiger partial charge in [0.15, 0.2) is 5.96 Å². The molecule has 2 aliphatic rings. The Kier molecular flexibility index (Phi) is 4.10. The highest BCUT2D eigenvalue weighted by Crippen LogP contribution is 2.26. The number of fused-ring (bicyclic) bond motifs is 1. The van der Waals surface area contributed by atoms with Gasteiger partial charge in [0.2, 0.25) is 0 Å². The smallest absolute Gasteiger partial charge is 0.198 e. The normalized spacial score (nSPS) is 18.7. The lowest BCUT2D eigenvalue weighted by molar-refractivity contribution is 0.0670. The molecule has 6 heteroatoms. The maximum atomic E-state index is 5.42. The van der Waals surface area contributed by atoms with Crippen molar-refractivity contribution in [3.05, 3.63) is 60.1 Å². The molecular weight excluding hydrogens is 338 g/mol. The van der Waals surface area contributed by atoms with Gasteiger partial charge in [0, 0.05) is 47.7 Å². The quantitative estimate of drug-likeness (QED) is 0.738. The summed E-state index contributed by atoms with van der Waals surface area (Å²) in [6.45, 7) is 3.96. The number of hydrogen-bond donors (Lipinski definition) is 2. The molecule has 1 saturated heterocycles. The van der Waals surface area contributed by atoms with Crippen molar-refractivity contribution in [3.63, 3.8) is 0 Å². The standard InChI is InChI=1S/C21H21N5O/c1-2-4-15(5-3-1)16-11-19-17(13-23-20(19)22-12-16)10-18-14-24-21(25-18)26-6-8-27-9-7-26/h1-5,10-13H,6-9,14H2,(H,22,23)(H,24,25)/b18-10-. The predicted octanol–water partition coefficient (Wildman–Crippen LogP) is 2.86. The molecule has 0 radical (unpaired) electrons. The average Bonchev–Trinajstić information content (AvgIpc) is 3.37. The van der Waals surface area contributed by atoms with Crippen molar-refractivity contribution < 1.29 is 4.74 Å². The van der Waals surface area contributed by atoms with Crippen LogP contribution < -0.4 is 5.32 Å². The summed E-state index contributed by atoms with van der Waals surface area (Å²) >= 11 is 0. The molecular formula is C21H21N5O. The third-order valence-electron chi connectivity index (χ3n) is 4.98. The molecule has 0 atom stereocenters. The fourth-order valence-electron chi connectivity index (χ4n) is 3.54. The lowest BCUT2D eigenvalue weighted by Crippen LogP contribution is -2.45. The molecule has 3 aromatic rings. The van der Waals surface area contributed by atoms with E-state index < -0.39 is 0 Å². The second-order valence-corrected chi connectivity index (χ2v) is 6.76. The highest BCUT2D eigenvalue weighted by Gasteiger charge is 2.20. The van der Waals surface area contributed by atoms with Crippen LogP contribution in [-0.2, 0) is 4.74 Å². The number of aromatic nitrogens is 2. The van der Waals surface area contributed by atoms with Crippen LogP contribution in [0.5, 0.6) is 0 Å². The van der Waals surface area contributed by atoms with Crippen LogP contribution in [0, 0.1) is 0 Å². The van der Waals surface area contributed by atoms with Gasteiger partial charge in [-0.25, -0.2) is 9.98 Å². The minimum Gasteiger partial charge on any atom is -0.378 e. The van der Waals surface area contributed by atoms with Gasteiger partial charge in [-0.3, -0.25) is 0 Å². The number of nitrogens with one attached hydrogen (secondary N) is 2. The zero-order chi connectivity index (χ0) is 18.1. The van der Waals surface area contributed by atoms with Crippen LogP contribution in [-0.4, -0.2) is 53.7 Å². The maximum absolute atomic E-state index is 5.42. The van der Waals surface area contributed by atoms with E-state index in [1.165, 1.54) is 5.56 Å². The molecule has 0 saturated carbocycles. The molecule has 2 aromatic heterocycles. The fourth-order valence-corrected chi connectivity index (χ4v) is 3.54. The molecule has 136 valence electrons. The molecule has 2 aliphatic heterocycles. The van der Waals surface area contributed by atoms with E-state index in [0.29, 0.717) is 6.54 Å². The van der Waals surface area contributed by atoms with Crippen LogP contribution in [0.1, 0.15) is 5.56 Å². The topological polar surface area (TPSA) is 65.5 Å². The molecule has 0 unspecified atom stereocenters. The van der Waals surface area contributed by atoms with Crippen molar-refractivity contribution in [2.24, 2.45) is 4.99 Å². The number of H-pyrrole nitrogens is 1. The Labute approximate surface area is 157 Å². The fraction of sp³-hybridized carbons (Fsp3) is 0.238. The number of morpholine rings is 1. The van der Waals surface area contributed by atoms with Gasteiger partial charge >= 0.3 is 0 Å². The number of hydrogen-bond acceptors (Lipinski definition) is 5. The predicted molar refractivity (Wildman–Crippen MR) is 107 cm³/mol. The second kappa shape index (κ2) is 6.89. The zero-order valence-corrected chi connectivity index (χ0v) is 15.0. The minimum atomic E-state index is 0.672. The molecule has 0 spiro atoms. The number of pyridine rings is 1. The van der Waals surface area contributed by atoms with Crippen molar-refractivity contribution in [1.82, 2.24) is 20.2 Å². The molecule has 0 aliphatic carbocycles. The zero-order valence-electron chi connectivity index (χ0n) is 15.0. The van der Waals surface area contributed by atoms with Crippen LogP contribution in [0.15, 0.2) is 59.5 Å². The van der Waals surface area contributed by atoms with Crippen molar-refractivity contribution >= 4 is 23.1 Å². The SMILES string of the molecule is C(=C1\CN=C(N2CCOCC2)N1)/c1c[nH]c2ncc(-c3ccccc3)cc12. The number of rotatable bonds is 2. The summed E-state index contributed by atoms with van der Waals surface area (Å²) < 4.78 is 5.42. The molecule has 1 aromatic carbocycles. The summed E-state index contributed by atoms with van der Waals surface area (Å²) in [5.41, 5.74) is 5.41. The molecule has 5 rings (SSSR count). The minimum absolute atomic E-state index is 0.672. The van der Waals surface area contributed by atoms with E-state index in [9.17, 15) is 0 Å². The van der Waals surface area contributed by atoms with Crippen LogP contribution >= 0.6 is 0 Å². The third-order valence-corrected chi connectivity index (χ3v) is 4.98. The Bertz CT molecular complexity index is 1020. The van der Waals surface area contributed by atoms with Crippen molar-refractivity contribution in [2.75, 3.05) is 32.8 Å². The van der Waals surface area contributed by atoms with E-state index in [1.54, 1.807) is 0 Å². The first-order valence-electron chi connectivity index (χ1n) is 9.24. The van der Waals surface area contributed by atoms with E-state index in [-0.39, 0.29) is 0 Å². The van der Waals surface area contributed by atoms with Gasteiger partial charge in [-0.1, -0.05) is 30.3 Å². The molecule has 1 fully saturated rings. The number of nitrogens with zero attached hydrogens (tertiary/aromatic N) is 3. The van der Waals surface area contributed by atoms with E-state index >= 15 is 0 Å². The molecule has 27 heavy (non-hydrogen) atoms. The average molecular weight is 359 g/mol. The second-order valence-electron chi connectivity index (χ2n) is 6.76. The van der Waals surface area contributed by atoms with E-state index in [2.05, 4.69) is 49.5 Å².